The van der Waals surface area contributed by atoms with Gasteiger partial charge in [0.2, 0.25) is 0 Å². The molecule has 1 fully saturated rings. The highest BCUT2D eigenvalue weighted by atomic mass is 14.3. The van der Waals surface area contributed by atoms with Crippen LogP contribution in [-0.4, -0.2) is 0 Å². The number of hydrogen-bond donors (Lipinski definition) is 0. The zero-order chi connectivity index (χ0) is 19.7. The summed E-state index contributed by atoms with van der Waals surface area (Å²) in [6, 6.07) is 2.62. The van der Waals surface area contributed by atoms with Gasteiger partial charge in [-0.25, -0.2) is 0 Å². The highest BCUT2D eigenvalue weighted by molar-refractivity contribution is 5.48. The summed E-state index contributed by atoms with van der Waals surface area (Å²) in [4.78, 5) is 0. The van der Waals surface area contributed by atoms with Gasteiger partial charge < -0.3 is 0 Å². The van der Waals surface area contributed by atoms with Crippen LogP contribution < -0.4 is 0 Å². The number of fused-ring (bicyclic) bond motifs is 2. The fourth-order valence-corrected chi connectivity index (χ4v) is 6.14. The molecule has 0 saturated heterocycles. The van der Waals surface area contributed by atoms with Gasteiger partial charge in [0.15, 0.2) is 0 Å². The maximum absolute atomic E-state index is 2.69. The Bertz CT molecular complexity index is 749. The first kappa shape index (κ1) is 20.1. The van der Waals surface area contributed by atoms with Crippen molar-refractivity contribution in [3.8, 4) is 0 Å². The monoisotopic (exact) mass is 377 g/mol. The Kier molecular flexibility index (Phi) is 6.24. The van der Waals surface area contributed by atoms with Crippen molar-refractivity contribution >= 4 is 0 Å². The van der Waals surface area contributed by atoms with E-state index in [1.54, 1.807) is 33.4 Å². The lowest BCUT2D eigenvalue weighted by atomic mass is 9.84. The second kappa shape index (κ2) is 8.68. The predicted octanol–water partition coefficient (Wildman–Crippen LogP) is 7.89. The first-order valence-corrected chi connectivity index (χ1v) is 12.2. The van der Waals surface area contributed by atoms with Gasteiger partial charge in [0.05, 0.1) is 0 Å². The third-order valence-corrected chi connectivity index (χ3v) is 7.32. The molecule has 1 saturated carbocycles. The van der Waals surface area contributed by atoms with E-state index in [1.165, 1.54) is 77.0 Å². The standard InChI is InChI=1S/C28H41/c1-19(2)15-27-23(17-21-9-5-7-11-25(21)27)13-14-24-18-22-10-6-8-12-26(22)28(24)16-20(3)4/h17-20,23H,5-16H2,1-4H3/q-1. The van der Waals surface area contributed by atoms with E-state index >= 15 is 0 Å². The largest absolute Gasteiger partial charge is 0.195 e. The molecule has 1 unspecified atom stereocenters. The Balaban J connectivity index is 1.54. The molecule has 0 aromatic heterocycles. The van der Waals surface area contributed by atoms with Gasteiger partial charge >= 0.3 is 0 Å². The molecule has 1 aromatic carbocycles. The number of aryl methyl sites for hydroxylation is 2. The van der Waals surface area contributed by atoms with Crippen molar-refractivity contribution in [1.82, 2.24) is 0 Å². The summed E-state index contributed by atoms with van der Waals surface area (Å²) in [6.45, 7) is 9.58. The molecule has 0 heteroatoms. The first-order chi connectivity index (χ1) is 13.5. The molecule has 0 nitrogen and oxygen atoms in total. The predicted molar refractivity (Wildman–Crippen MR) is 122 cm³/mol. The Morgan fingerprint density at radius 2 is 1.68 bits per heavy atom. The topological polar surface area (TPSA) is 0 Å². The molecular formula is C28H41-. The number of allylic oxidation sites excluding steroid dienone is 4. The van der Waals surface area contributed by atoms with Crippen LogP contribution in [0.3, 0.4) is 0 Å². The molecule has 1 atom stereocenters. The summed E-state index contributed by atoms with van der Waals surface area (Å²) in [7, 11) is 0. The third-order valence-electron chi connectivity index (χ3n) is 7.32. The summed E-state index contributed by atoms with van der Waals surface area (Å²) in [5, 5.41) is 0. The minimum atomic E-state index is 0.726. The molecular weight excluding hydrogens is 336 g/mol. The molecule has 0 amide bonds. The van der Waals surface area contributed by atoms with Crippen molar-refractivity contribution in [1.29, 1.82) is 0 Å². The minimum absolute atomic E-state index is 0.726. The Morgan fingerprint density at radius 1 is 0.929 bits per heavy atom. The smallest absolute Gasteiger partial charge is 0.00182 e. The quantitative estimate of drug-likeness (QED) is 0.424. The van der Waals surface area contributed by atoms with Crippen molar-refractivity contribution in [3.63, 3.8) is 0 Å². The SMILES string of the molecule is CC(C)CC1=C2CCCCC2=CC1CCc1c[c-]2c(c1CC(C)C)CCCC2. The van der Waals surface area contributed by atoms with Gasteiger partial charge in [-0.2, -0.15) is 28.3 Å². The summed E-state index contributed by atoms with van der Waals surface area (Å²) in [6.07, 6.45) is 18.9. The maximum atomic E-state index is 2.69. The number of hydrogen-bond acceptors (Lipinski definition) is 0. The molecule has 1 aromatic rings. The summed E-state index contributed by atoms with van der Waals surface area (Å²) in [5.74, 6) is 2.27. The normalized spacial score (nSPS) is 22.1. The number of rotatable bonds is 7. The van der Waals surface area contributed by atoms with Crippen LogP contribution in [-0.2, 0) is 25.7 Å². The van der Waals surface area contributed by atoms with Gasteiger partial charge in [0.1, 0.15) is 0 Å². The van der Waals surface area contributed by atoms with Gasteiger partial charge in [0.25, 0.3) is 0 Å². The van der Waals surface area contributed by atoms with Gasteiger partial charge in [-0.05, 0) is 55.1 Å². The Hall–Kier alpha value is -1.17. The van der Waals surface area contributed by atoms with Gasteiger partial charge in [-0.3, -0.25) is 0 Å². The molecule has 0 radical (unpaired) electrons. The van der Waals surface area contributed by atoms with E-state index in [-0.39, 0.29) is 0 Å². The molecule has 154 valence electrons. The van der Waals surface area contributed by atoms with E-state index in [0.717, 1.165) is 17.8 Å². The summed E-state index contributed by atoms with van der Waals surface area (Å²) in [5.41, 5.74) is 12.3. The Labute approximate surface area is 173 Å². The van der Waals surface area contributed by atoms with Crippen LogP contribution >= 0.6 is 0 Å². The van der Waals surface area contributed by atoms with Crippen LogP contribution in [0.15, 0.2) is 28.9 Å². The highest BCUT2D eigenvalue weighted by Gasteiger charge is 2.27. The molecule has 0 bridgehead atoms. The van der Waals surface area contributed by atoms with Crippen LogP contribution in [0.4, 0.5) is 0 Å². The van der Waals surface area contributed by atoms with E-state index in [4.69, 9.17) is 0 Å². The first-order valence-electron chi connectivity index (χ1n) is 12.2. The average molecular weight is 378 g/mol. The second-order valence-electron chi connectivity index (χ2n) is 10.6. The molecule has 0 heterocycles. The fraction of sp³-hybridized carbons (Fsp3) is 0.679. The van der Waals surface area contributed by atoms with Gasteiger partial charge in [-0.15, -0.1) is 0 Å². The lowest BCUT2D eigenvalue weighted by molar-refractivity contribution is 0.564. The van der Waals surface area contributed by atoms with Crippen molar-refractivity contribution in [2.24, 2.45) is 17.8 Å². The molecule has 3 aliphatic carbocycles. The summed E-state index contributed by atoms with van der Waals surface area (Å²) < 4.78 is 0. The van der Waals surface area contributed by atoms with Crippen LogP contribution in [0.5, 0.6) is 0 Å². The van der Waals surface area contributed by atoms with E-state index in [9.17, 15) is 0 Å². The lowest BCUT2D eigenvalue weighted by Gasteiger charge is -2.24. The van der Waals surface area contributed by atoms with E-state index in [0.29, 0.717) is 0 Å². The van der Waals surface area contributed by atoms with Gasteiger partial charge in [0, 0.05) is 0 Å². The third kappa shape index (κ3) is 4.22. The molecule has 28 heavy (non-hydrogen) atoms. The van der Waals surface area contributed by atoms with Crippen LogP contribution in [0, 0.1) is 17.8 Å². The zero-order valence-corrected chi connectivity index (χ0v) is 18.9. The van der Waals surface area contributed by atoms with Crippen molar-refractivity contribution in [2.45, 2.75) is 105 Å². The maximum Gasteiger partial charge on any atom is -0.00182 e. The van der Waals surface area contributed by atoms with Crippen LogP contribution in [0.1, 0.15) is 101 Å². The van der Waals surface area contributed by atoms with Crippen LogP contribution in [0.2, 0.25) is 0 Å². The van der Waals surface area contributed by atoms with E-state index in [1.807, 2.05) is 5.57 Å². The molecule has 0 N–H and O–H groups in total. The molecule has 0 spiro atoms. The molecule has 4 rings (SSSR count). The molecule has 3 aliphatic rings. The summed E-state index contributed by atoms with van der Waals surface area (Å²) >= 11 is 0. The van der Waals surface area contributed by atoms with Crippen molar-refractivity contribution in [3.05, 3.63) is 51.1 Å². The fourth-order valence-electron chi connectivity index (χ4n) is 6.14. The lowest BCUT2D eigenvalue weighted by Crippen LogP contribution is -2.07. The zero-order valence-electron chi connectivity index (χ0n) is 18.9. The van der Waals surface area contributed by atoms with Gasteiger partial charge in [-0.1, -0.05) is 90.2 Å². The van der Waals surface area contributed by atoms with E-state index in [2.05, 4.69) is 39.8 Å². The van der Waals surface area contributed by atoms with Crippen LogP contribution in [0.25, 0.3) is 0 Å². The van der Waals surface area contributed by atoms with E-state index < -0.39 is 0 Å². The highest BCUT2D eigenvalue weighted by Crippen LogP contribution is 2.44. The second-order valence-corrected chi connectivity index (χ2v) is 10.6. The molecule has 0 aliphatic heterocycles. The van der Waals surface area contributed by atoms with Crippen molar-refractivity contribution in [2.75, 3.05) is 0 Å². The average Bonchev–Trinajstić information content (AvgIpc) is 3.18. The van der Waals surface area contributed by atoms with Crippen molar-refractivity contribution < 1.29 is 0 Å². The Morgan fingerprint density at radius 3 is 2.46 bits per heavy atom. The minimum Gasteiger partial charge on any atom is -0.195 e.